The molecule has 0 aliphatic carbocycles. The molecule has 0 aliphatic heterocycles. The number of carbonyl (C=O) groups excluding carboxylic acids is 2. The van der Waals surface area contributed by atoms with Crippen LogP contribution in [0.5, 0.6) is 5.75 Å². The van der Waals surface area contributed by atoms with Crippen molar-refractivity contribution in [3.63, 3.8) is 0 Å². The Labute approximate surface area is 188 Å². The molecule has 2 atom stereocenters. The number of benzene rings is 2. The Balaban J connectivity index is 2.24. The molecule has 0 aromatic heterocycles. The van der Waals surface area contributed by atoms with E-state index in [1.165, 1.54) is 4.90 Å². The average molecular weight is 451 g/mol. The number of nitrogens with zero attached hydrogens (tertiary/aromatic N) is 1. The largest absolute Gasteiger partial charge is 0.484 e. The summed E-state index contributed by atoms with van der Waals surface area (Å²) >= 11 is 12.3. The monoisotopic (exact) mass is 450 g/mol. The molecule has 2 aromatic rings. The van der Waals surface area contributed by atoms with Gasteiger partial charge in [0, 0.05) is 22.6 Å². The third-order valence-corrected chi connectivity index (χ3v) is 5.44. The molecule has 2 amide bonds. The van der Waals surface area contributed by atoms with E-state index in [4.69, 9.17) is 27.9 Å². The van der Waals surface area contributed by atoms with Gasteiger partial charge in [0.2, 0.25) is 5.91 Å². The molecular formula is C23H28Cl2N2O3. The van der Waals surface area contributed by atoms with E-state index in [2.05, 4.69) is 5.32 Å². The number of carbonyl (C=O) groups is 2. The molecule has 30 heavy (non-hydrogen) atoms. The molecule has 2 aromatic carbocycles. The standard InChI is InChI=1S/C23H28Cl2N2O3/c1-4-16(3)26-23(29)21(5-2)27(14-17-11-12-18(24)13-20(17)25)22(28)15-30-19-9-7-6-8-10-19/h6-13,16,21H,4-5,14-15H2,1-3H3,(H,26,29)/t16-,21-/m0/s1. The Morgan fingerprint density at radius 2 is 1.77 bits per heavy atom. The first kappa shape index (κ1) is 24.0. The topological polar surface area (TPSA) is 58.6 Å². The predicted molar refractivity (Wildman–Crippen MR) is 121 cm³/mol. The van der Waals surface area contributed by atoms with E-state index in [1.54, 1.807) is 30.3 Å². The van der Waals surface area contributed by atoms with Crippen LogP contribution in [0.25, 0.3) is 0 Å². The highest BCUT2D eigenvalue weighted by Crippen LogP contribution is 2.24. The summed E-state index contributed by atoms with van der Waals surface area (Å²) in [5.41, 5.74) is 0.712. The maximum Gasteiger partial charge on any atom is 0.261 e. The van der Waals surface area contributed by atoms with Gasteiger partial charge in [-0.3, -0.25) is 9.59 Å². The number of nitrogens with one attached hydrogen (secondary N) is 1. The first-order chi connectivity index (χ1) is 14.3. The molecule has 1 N–H and O–H groups in total. The van der Waals surface area contributed by atoms with Gasteiger partial charge in [-0.1, -0.05) is 61.3 Å². The number of para-hydroxylation sites is 1. The van der Waals surface area contributed by atoms with Crippen LogP contribution in [0.15, 0.2) is 48.5 Å². The first-order valence-corrected chi connectivity index (χ1v) is 10.8. The third kappa shape index (κ3) is 6.92. The quantitative estimate of drug-likeness (QED) is 0.547. The number of amides is 2. The Kier molecular flexibility index (Phi) is 9.47. The molecular weight excluding hydrogens is 423 g/mol. The Morgan fingerprint density at radius 1 is 1.07 bits per heavy atom. The fourth-order valence-corrected chi connectivity index (χ4v) is 3.41. The molecule has 0 saturated carbocycles. The first-order valence-electron chi connectivity index (χ1n) is 10.1. The molecule has 0 saturated heterocycles. The fourth-order valence-electron chi connectivity index (χ4n) is 2.94. The van der Waals surface area contributed by atoms with Crippen molar-refractivity contribution in [2.75, 3.05) is 6.61 Å². The molecule has 162 valence electrons. The van der Waals surface area contributed by atoms with E-state index in [0.29, 0.717) is 27.8 Å². The van der Waals surface area contributed by atoms with E-state index < -0.39 is 6.04 Å². The summed E-state index contributed by atoms with van der Waals surface area (Å²) in [6.45, 7) is 5.81. The van der Waals surface area contributed by atoms with Crippen LogP contribution < -0.4 is 10.1 Å². The van der Waals surface area contributed by atoms with Gasteiger partial charge in [-0.25, -0.2) is 0 Å². The van der Waals surface area contributed by atoms with Gasteiger partial charge in [-0.2, -0.15) is 0 Å². The maximum absolute atomic E-state index is 13.1. The summed E-state index contributed by atoms with van der Waals surface area (Å²) in [4.78, 5) is 27.5. The molecule has 2 rings (SSSR count). The maximum atomic E-state index is 13.1. The summed E-state index contributed by atoms with van der Waals surface area (Å²) in [7, 11) is 0. The summed E-state index contributed by atoms with van der Waals surface area (Å²) in [5.74, 6) is 0.105. The summed E-state index contributed by atoms with van der Waals surface area (Å²) < 4.78 is 5.64. The minimum Gasteiger partial charge on any atom is -0.484 e. The smallest absolute Gasteiger partial charge is 0.261 e. The predicted octanol–water partition coefficient (Wildman–Crippen LogP) is 5.09. The summed E-state index contributed by atoms with van der Waals surface area (Å²) in [6, 6.07) is 13.6. The molecule has 0 aliphatic rings. The van der Waals surface area contributed by atoms with Crippen molar-refractivity contribution in [2.24, 2.45) is 0 Å². The van der Waals surface area contributed by atoms with Crippen molar-refractivity contribution in [1.29, 1.82) is 0 Å². The number of ether oxygens (including phenoxy) is 1. The van der Waals surface area contributed by atoms with E-state index in [-0.39, 0.29) is 31.0 Å². The van der Waals surface area contributed by atoms with Crippen LogP contribution in [0.4, 0.5) is 0 Å². The molecule has 0 radical (unpaired) electrons. The normalized spacial score (nSPS) is 12.7. The highest BCUT2D eigenvalue weighted by molar-refractivity contribution is 6.35. The van der Waals surface area contributed by atoms with Crippen molar-refractivity contribution in [3.05, 3.63) is 64.1 Å². The van der Waals surface area contributed by atoms with Crippen LogP contribution in [0, 0.1) is 0 Å². The van der Waals surface area contributed by atoms with Crippen LogP contribution in [-0.2, 0) is 16.1 Å². The zero-order valence-electron chi connectivity index (χ0n) is 17.5. The Morgan fingerprint density at radius 3 is 2.37 bits per heavy atom. The van der Waals surface area contributed by atoms with Gasteiger partial charge in [0.15, 0.2) is 6.61 Å². The lowest BCUT2D eigenvalue weighted by Gasteiger charge is -2.31. The second kappa shape index (κ2) is 11.8. The van der Waals surface area contributed by atoms with Crippen LogP contribution in [0.2, 0.25) is 10.0 Å². The lowest BCUT2D eigenvalue weighted by Crippen LogP contribution is -2.51. The molecule has 0 bridgehead atoms. The van der Waals surface area contributed by atoms with Crippen LogP contribution >= 0.6 is 23.2 Å². The molecule has 0 spiro atoms. The summed E-state index contributed by atoms with van der Waals surface area (Å²) in [5, 5.41) is 3.93. The lowest BCUT2D eigenvalue weighted by molar-refractivity contribution is -0.143. The van der Waals surface area contributed by atoms with Gasteiger partial charge in [0.1, 0.15) is 11.8 Å². The number of rotatable bonds is 10. The number of hydrogen-bond donors (Lipinski definition) is 1. The van der Waals surface area contributed by atoms with Crippen LogP contribution in [-0.4, -0.2) is 35.4 Å². The van der Waals surface area contributed by atoms with Crippen molar-refractivity contribution in [3.8, 4) is 5.75 Å². The van der Waals surface area contributed by atoms with Crippen molar-refractivity contribution >= 4 is 35.0 Å². The highest BCUT2D eigenvalue weighted by Gasteiger charge is 2.30. The van der Waals surface area contributed by atoms with E-state index >= 15 is 0 Å². The molecule has 0 heterocycles. The minimum atomic E-state index is -0.641. The molecule has 7 heteroatoms. The zero-order chi connectivity index (χ0) is 22.1. The molecule has 0 unspecified atom stereocenters. The van der Waals surface area contributed by atoms with Crippen molar-refractivity contribution in [1.82, 2.24) is 10.2 Å². The SMILES string of the molecule is CC[C@H](C)NC(=O)[C@H](CC)N(Cc1ccc(Cl)cc1Cl)C(=O)COc1ccccc1. The molecule has 5 nitrogen and oxygen atoms in total. The van der Waals surface area contributed by atoms with Crippen molar-refractivity contribution < 1.29 is 14.3 Å². The summed E-state index contributed by atoms with van der Waals surface area (Å²) in [6.07, 6.45) is 1.26. The Bertz CT molecular complexity index is 846. The van der Waals surface area contributed by atoms with E-state index in [9.17, 15) is 9.59 Å². The Hall–Kier alpha value is -2.24. The second-order valence-electron chi connectivity index (χ2n) is 7.10. The van der Waals surface area contributed by atoms with Gasteiger partial charge in [-0.15, -0.1) is 0 Å². The minimum absolute atomic E-state index is 0.0168. The van der Waals surface area contributed by atoms with E-state index in [1.807, 2.05) is 39.0 Å². The van der Waals surface area contributed by atoms with Crippen LogP contribution in [0.3, 0.4) is 0 Å². The number of hydrogen-bond acceptors (Lipinski definition) is 3. The zero-order valence-corrected chi connectivity index (χ0v) is 19.0. The van der Waals surface area contributed by atoms with Gasteiger partial charge in [0.25, 0.3) is 5.91 Å². The van der Waals surface area contributed by atoms with Crippen LogP contribution in [0.1, 0.15) is 39.2 Å². The van der Waals surface area contributed by atoms with Gasteiger partial charge < -0.3 is 15.0 Å². The third-order valence-electron chi connectivity index (χ3n) is 4.85. The van der Waals surface area contributed by atoms with E-state index in [0.717, 1.165) is 6.42 Å². The number of halogens is 2. The van der Waals surface area contributed by atoms with Gasteiger partial charge >= 0.3 is 0 Å². The van der Waals surface area contributed by atoms with Crippen molar-refractivity contribution in [2.45, 2.75) is 52.2 Å². The van der Waals surface area contributed by atoms with Gasteiger partial charge in [0.05, 0.1) is 0 Å². The van der Waals surface area contributed by atoms with Gasteiger partial charge in [-0.05, 0) is 49.6 Å². The fraction of sp³-hybridized carbons (Fsp3) is 0.391. The lowest BCUT2D eigenvalue weighted by atomic mass is 10.1. The average Bonchev–Trinajstić information content (AvgIpc) is 2.74. The highest BCUT2D eigenvalue weighted by atomic mass is 35.5. The molecule has 0 fully saturated rings. The second-order valence-corrected chi connectivity index (χ2v) is 7.94.